The third-order valence-electron chi connectivity index (χ3n) is 3.13. The minimum absolute atomic E-state index is 0.0321. The molecule has 0 bridgehead atoms. The van der Waals surface area contributed by atoms with E-state index < -0.39 is 16.1 Å². The summed E-state index contributed by atoms with van der Waals surface area (Å²) >= 11 is 5.85. The second-order valence-electron chi connectivity index (χ2n) is 4.36. The van der Waals surface area contributed by atoms with E-state index in [1.165, 1.54) is 22.5 Å². The number of rotatable bonds is 2. The Bertz CT molecular complexity index is 616. The molecule has 0 radical (unpaired) electrons. The molecule has 0 unspecified atom stereocenters. The Morgan fingerprint density at radius 2 is 2.00 bits per heavy atom. The lowest BCUT2D eigenvalue weighted by Crippen LogP contribution is -2.40. The van der Waals surface area contributed by atoms with Crippen LogP contribution in [0.5, 0.6) is 0 Å². The van der Waals surface area contributed by atoms with Gasteiger partial charge in [0.25, 0.3) is 0 Å². The number of nitrogens with zero attached hydrogens (tertiary/aromatic N) is 2. The van der Waals surface area contributed by atoms with E-state index in [0.717, 1.165) is 0 Å². The summed E-state index contributed by atoms with van der Waals surface area (Å²) in [4.78, 5) is -0.0705. The standard InChI is InChI=1S/C12H13ClN2O3S/c13-11-2-1-3-12(10(11)8-14)19(17,18)15-6-4-9(16)5-7-15/h1-3,9,16H,4-7H2. The summed E-state index contributed by atoms with van der Waals surface area (Å²) in [7, 11) is -3.74. The number of hydrogen-bond acceptors (Lipinski definition) is 4. The fourth-order valence-electron chi connectivity index (χ4n) is 2.05. The molecule has 0 aliphatic carbocycles. The van der Waals surface area contributed by atoms with E-state index in [4.69, 9.17) is 16.9 Å². The molecule has 1 N–H and O–H groups in total. The van der Waals surface area contributed by atoms with Crippen LogP contribution in [0, 0.1) is 11.3 Å². The Kier molecular flexibility index (Phi) is 4.11. The van der Waals surface area contributed by atoms with Crippen molar-refractivity contribution in [1.29, 1.82) is 5.26 Å². The normalized spacial score (nSPS) is 18.2. The van der Waals surface area contributed by atoms with Crippen LogP contribution in [0.2, 0.25) is 5.02 Å². The molecule has 1 heterocycles. The van der Waals surface area contributed by atoms with Crippen molar-refractivity contribution in [1.82, 2.24) is 4.31 Å². The average molecular weight is 301 g/mol. The van der Waals surface area contributed by atoms with Gasteiger partial charge in [-0.25, -0.2) is 8.42 Å². The van der Waals surface area contributed by atoms with Gasteiger partial charge < -0.3 is 5.11 Å². The molecular formula is C12H13ClN2O3S. The smallest absolute Gasteiger partial charge is 0.244 e. The average Bonchev–Trinajstić information content (AvgIpc) is 2.39. The van der Waals surface area contributed by atoms with Gasteiger partial charge in [-0.05, 0) is 25.0 Å². The largest absolute Gasteiger partial charge is 0.393 e. The van der Waals surface area contributed by atoms with Gasteiger partial charge in [-0.15, -0.1) is 0 Å². The monoisotopic (exact) mass is 300 g/mol. The molecule has 0 saturated carbocycles. The molecule has 1 saturated heterocycles. The summed E-state index contributed by atoms with van der Waals surface area (Å²) in [6.45, 7) is 0.502. The third kappa shape index (κ3) is 2.74. The lowest BCUT2D eigenvalue weighted by Gasteiger charge is -2.29. The fourth-order valence-corrected chi connectivity index (χ4v) is 3.96. The molecular weight excluding hydrogens is 288 g/mol. The third-order valence-corrected chi connectivity index (χ3v) is 5.38. The first kappa shape index (κ1) is 14.3. The number of nitriles is 1. The minimum Gasteiger partial charge on any atom is -0.393 e. The van der Waals surface area contributed by atoms with Crippen molar-refractivity contribution in [3.8, 4) is 6.07 Å². The first-order valence-corrected chi connectivity index (χ1v) is 7.65. The van der Waals surface area contributed by atoms with Gasteiger partial charge in [0.15, 0.2) is 0 Å². The second-order valence-corrected chi connectivity index (χ2v) is 6.67. The highest BCUT2D eigenvalue weighted by Gasteiger charge is 2.31. The fraction of sp³-hybridized carbons (Fsp3) is 0.417. The van der Waals surface area contributed by atoms with Gasteiger partial charge in [0.05, 0.1) is 16.7 Å². The molecule has 0 aromatic heterocycles. The molecule has 19 heavy (non-hydrogen) atoms. The number of aliphatic hydroxyl groups is 1. The van der Waals surface area contributed by atoms with Crippen molar-refractivity contribution in [2.75, 3.05) is 13.1 Å². The van der Waals surface area contributed by atoms with Crippen LogP contribution in [0.3, 0.4) is 0 Å². The summed E-state index contributed by atoms with van der Waals surface area (Å²) in [6, 6.07) is 6.20. The van der Waals surface area contributed by atoms with Crippen molar-refractivity contribution in [3.05, 3.63) is 28.8 Å². The maximum atomic E-state index is 12.5. The molecule has 0 atom stereocenters. The van der Waals surface area contributed by atoms with Gasteiger partial charge in [0, 0.05) is 13.1 Å². The predicted molar refractivity (Wildman–Crippen MR) is 70.2 cm³/mol. The van der Waals surface area contributed by atoms with Crippen molar-refractivity contribution in [2.24, 2.45) is 0 Å². The van der Waals surface area contributed by atoms with Crippen LogP contribution in [-0.4, -0.2) is 37.0 Å². The lowest BCUT2D eigenvalue weighted by atomic mass is 10.1. The number of benzene rings is 1. The summed E-state index contributed by atoms with van der Waals surface area (Å²) < 4.78 is 26.2. The van der Waals surface area contributed by atoms with Crippen LogP contribution in [0.1, 0.15) is 18.4 Å². The van der Waals surface area contributed by atoms with Crippen LogP contribution in [0.4, 0.5) is 0 Å². The number of sulfonamides is 1. The second kappa shape index (κ2) is 5.47. The zero-order valence-corrected chi connectivity index (χ0v) is 11.7. The molecule has 5 nitrogen and oxygen atoms in total. The Morgan fingerprint density at radius 3 is 2.58 bits per heavy atom. The molecule has 1 aliphatic rings. The summed E-state index contributed by atoms with van der Waals surface area (Å²) in [5, 5.41) is 18.6. The van der Waals surface area contributed by atoms with Crippen LogP contribution in [0.25, 0.3) is 0 Å². The van der Waals surface area contributed by atoms with Crippen molar-refractivity contribution >= 4 is 21.6 Å². The minimum atomic E-state index is -3.74. The van der Waals surface area contributed by atoms with E-state index in [0.29, 0.717) is 12.8 Å². The summed E-state index contributed by atoms with van der Waals surface area (Å²) in [5.41, 5.74) is -0.0321. The first-order valence-electron chi connectivity index (χ1n) is 5.83. The molecule has 0 spiro atoms. The molecule has 1 fully saturated rings. The van der Waals surface area contributed by atoms with Crippen molar-refractivity contribution in [3.63, 3.8) is 0 Å². The topological polar surface area (TPSA) is 81.4 Å². The molecule has 1 aliphatic heterocycles. The number of hydrogen-bond donors (Lipinski definition) is 1. The summed E-state index contributed by atoms with van der Waals surface area (Å²) in [5.74, 6) is 0. The summed E-state index contributed by atoms with van der Waals surface area (Å²) in [6.07, 6.45) is 0.352. The first-order chi connectivity index (χ1) is 8.96. The molecule has 102 valence electrons. The van der Waals surface area contributed by atoms with E-state index in [1.54, 1.807) is 0 Å². The Hall–Kier alpha value is -1.13. The quantitative estimate of drug-likeness (QED) is 0.894. The number of piperidine rings is 1. The molecule has 2 rings (SSSR count). The SMILES string of the molecule is N#Cc1c(Cl)cccc1S(=O)(=O)N1CCC(O)CC1. The Morgan fingerprint density at radius 1 is 1.37 bits per heavy atom. The van der Waals surface area contributed by atoms with E-state index in [-0.39, 0.29) is 28.6 Å². The van der Waals surface area contributed by atoms with Crippen LogP contribution in [0.15, 0.2) is 23.1 Å². The van der Waals surface area contributed by atoms with Crippen LogP contribution < -0.4 is 0 Å². The van der Waals surface area contributed by atoms with Gasteiger partial charge in [-0.2, -0.15) is 9.57 Å². The van der Waals surface area contributed by atoms with E-state index in [1.807, 2.05) is 6.07 Å². The van der Waals surface area contributed by atoms with Gasteiger partial charge in [-0.3, -0.25) is 0 Å². The highest BCUT2D eigenvalue weighted by Crippen LogP contribution is 2.27. The van der Waals surface area contributed by atoms with Gasteiger partial charge in [-0.1, -0.05) is 17.7 Å². The highest BCUT2D eigenvalue weighted by atomic mass is 35.5. The van der Waals surface area contributed by atoms with Gasteiger partial charge in [0.2, 0.25) is 10.0 Å². The van der Waals surface area contributed by atoms with Crippen LogP contribution in [-0.2, 0) is 10.0 Å². The lowest BCUT2D eigenvalue weighted by molar-refractivity contribution is 0.113. The molecule has 7 heteroatoms. The van der Waals surface area contributed by atoms with Crippen molar-refractivity contribution < 1.29 is 13.5 Å². The van der Waals surface area contributed by atoms with Crippen LogP contribution >= 0.6 is 11.6 Å². The Balaban J connectivity index is 2.41. The predicted octanol–water partition coefficient (Wildman–Crippen LogP) is 1.36. The maximum Gasteiger partial charge on any atom is 0.244 e. The van der Waals surface area contributed by atoms with E-state index >= 15 is 0 Å². The van der Waals surface area contributed by atoms with Crippen molar-refractivity contribution in [2.45, 2.75) is 23.8 Å². The molecule has 1 aromatic carbocycles. The van der Waals surface area contributed by atoms with Gasteiger partial charge >= 0.3 is 0 Å². The van der Waals surface area contributed by atoms with Gasteiger partial charge in [0.1, 0.15) is 11.0 Å². The highest BCUT2D eigenvalue weighted by molar-refractivity contribution is 7.89. The maximum absolute atomic E-state index is 12.5. The Labute approximate surface area is 117 Å². The molecule has 0 amide bonds. The van der Waals surface area contributed by atoms with E-state index in [2.05, 4.69) is 0 Å². The number of halogens is 1. The zero-order chi connectivity index (χ0) is 14.0. The molecule has 1 aromatic rings. The zero-order valence-electron chi connectivity index (χ0n) is 10.1. The number of aliphatic hydroxyl groups excluding tert-OH is 1. The van der Waals surface area contributed by atoms with E-state index in [9.17, 15) is 13.5 Å².